The van der Waals surface area contributed by atoms with E-state index in [9.17, 15) is 9.90 Å². The van der Waals surface area contributed by atoms with Gasteiger partial charge in [0.25, 0.3) is 0 Å². The molecule has 86 valence electrons. The van der Waals surface area contributed by atoms with Crippen LogP contribution in [0.4, 0.5) is 0 Å². The molecule has 16 heavy (non-hydrogen) atoms. The lowest BCUT2D eigenvalue weighted by molar-refractivity contribution is -0.155. The number of carbonyl (C=O) groups is 1. The van der Waals surface area contributed by atoms with Crippen molar-refractivity contribution in [3.05, 3.63) is 29.3 Å². The van der Waals surface area contributed by atoms with Crippen LogP contribution in [0.25, 0.3) is 0 Å². The molecule has 0 spiro atoms. The quantitative estimate of drug-likeness (QED) is 0.880. The highest BCUT2D eigenvalue weighted by molar-refractivity contribution is 6.30. The number of carboxylic acid groups (broad SMARTS) is 1. The molecule has 1 aliphatic rings. The van der Waals surface area contributed by atoms with Crippen LogP contribution in [0.3, 0.4) is 0 Å². The Bertz CT molecular complexity index is 397. The van der Waals surface area contributed by atoms with Gasteiger partial charge in [0.05, 0.1) is 0 Å². The van der Waals surface area contributed by atoms with Gasteiger partial charge in [-0.2, -0.15) is 0 Å². The zero-order chi connectivity index (χ0) is 11.8. The summed E-state index contributed by atoms with van der Waals surface area (Å²) >= 11 is 5.75. The molecule has 1 aromatic carbocycles. The second kappa shape index (κ2) is 3.98. The molecule has 1 atom stereocenters. The third kappa shape index (κ3) is 2.14. The molecule has 0 radical (unpaired) electrons. The number of benzene rings is 1. The Labute approximate surface area is 99.0 Å². The summed E-state index contributed by atoms with van der Waals surface area (Å²) in [6, 6.07) is 6.75. The van der Waals surface area contributed by atoms with Crippen molar-refractivity contribution in [3.63, 3.8) is 0 Å². The maximum Gasteiger partial charge on any atom is 0.348 e. The third-order valence-electron chi connectivity index (χ3n) is 2.92. The van der Waals surface area contributed by atoms with Crippen LogP contribution in [0.15, 0.2) is 24.3 Å². The van der Waals surface area contributed by atoms with Gasteiger partial charge in [-0.1, -0.05) is 11.6 Å². The standard InChI is InChI=1S/C12H13ClO3/c1-12(11(14)15,8-2-3-8)16-10-6-4-9(13)5-7-10/h4-8H,2-3H2,1H3,(H,14,15). The molecule has 0 saturated heterocycles. The number of hydrogen-bond donors (Lipinski definition) is 1. The minimum absolute atomic E-state index is 0.112. The fraction of sp³-hybridized carbons (Fsp3) is 0.417. The van der Waals surface area contributed by atoms with Crippen LogP contribution >= 0.6 is 11.6 Å². The maximum absolute atomic E-state index is 11.2. The molecule has 1 aromatic rings. The van der Waals surface area contributed by atoms with Crippen LogP contribution in [0.1, 0.15) is 19.8 Å². The number of hydrogen-bond acceptors (Lipinski definition) is 2. The van der Waals surface area contributed by atoms with Crippen molar-refractivity contribution in [1.29, 1.82) is 0 Å². The first-order valence-electron chi connectivity index (χ1n) is 5.20. The van der Waals surface area contributed by atoms with E-state index in [2.05, 4.69) is 0 Å². The van der Waals surface area contributed by atoms with Crippen LogP contribution in [0.5, 0.6) is 5.75 Å². The molecule has 0 aromatic heterocycles. The first-order chi connectivity index (χ1) is 7.52. The fourth-order valence-corrected chi connectivity index (χ4v) is 1.81. The van der Waals surface area contributed by atoms with Crippen LogP contribution in [0, 0.1) is 5.92 Å². The summed E-state index contributed by atoms with van der Waals surface area (Å²) in [4.78, 5) is 11.2. The van der Waals surface area contributed by atoms with E-state index >= 15 is 0 Å². The lowest BCUT2D eigenvalue weighted by Crippen LogP contribution is -2.43. The summed E-state index contributed by atoms with van der Waals surface area (Å²) in [7, 11) is 0. The number of ether oxygens (including phenoxy) is 1. The highest BCUT2D eigenvalue weighted by atomic mass is 35.5. The Hall–Kier alpha value is -1.22. The van der Waals surface area contributed by atoms with E-state index in [1.807, 2.05) is 0 Å². The van der Waals surface area contributed by atoms with Crippen LogP contribution in [-0.4, -0.2) is 16.7 Å². The normalized spacial score (nSPS) is 18.9. The van der Waals surface area contributed by atoms with Crippen LogP contribution in [-0.2, 0) is 4.79 Å². The molecule has 2 rings (SSSR count). The average Bonchev–Trinajstić information content (AvgIpc) is 3.04. The second-order valence-electron chi connectivity index (χ2n) is 4.24. The molecule has 1 fully saturated rings. The Morgan fingerprint density at radius 1 is 1.44 bits per heavy atom. The average molecular weight is 241 g/mol. The molecular formula is C12H13ClO3. The third-order valence-corrected chi connectivity index (χ3v) is 3.18. The molecule has 1 aliphatic carbocycles. The van der Waals surface area contributed by atoms with Crippen molar-refractivity contribution in [2.45, 2.75) is 25.4 Å². The predicted octanol–water partition coefficient (Wildman–Crippen LogP) is 2.97. The van der Waals surface area contributed by atoms with Gasteiger partial charge in [-0.25, -0.2) is 4.79 Å². The SMILES string of the molecule is CC(Oc1ccc(Cl)cc1)(C(=O)O)C1CC1. The van der Waals surface area contributed by atoms with Gasteiger partial charge in [-0.05, 0) is 44.0 Å². The minimum Gasteiger partial charge on any atom is -0.478 e. The molecule has 0 heterocycles. The number of aliphatic carboxylic acids is 1. The molecule has 4 heteroatoms. The lowest BCUT2D eigenvalue weighted by atomic mass is 10.0. The lowest BCUT2D eigenvalue weighted by Gasteiger charge is -2.26. The van der Waals surface area contributed by atoms with Gasteiger partial charge >= 0.3 is 5.97 Å². The highest BCUT2D eigenvalue weighted by Crippen LogP contribution is 2.42. The smallest absolute Gasteiger partial charge is 0.348 e. The fourth-order valence-electron chi connectivity index (χ4n) is 1.68. The first-order valence-corrected chi connectivity index (χ1v) is 5.58. The van der Waals surface area contributed by atoms with Gasteiger partial charge in [0.15, 0.2) is 0 Å². The van der Waals surface area contributed by atoms with Gasteiger partial charge in [0, 0.05) is 10.9 Å². The molecule has 1 N–H and O–H groups in total. The summed E-state index contributed by atoms with van der Waals surface area (Å²) in [6.07, 6.45) is 1.83. The highest BCUT2D eigenvalue weighted by Gasteiger charge is 2.49. The monoisotopic (exact) mass is 240 g/mol. The number of rotatable bonds is 4. The van der Waals surface area contributed by atoms with Crippen molar-refractivity contribution in [2.75, 3.05) is 0 Å². The molecule has 0 bridgehead atoms. The Kier molecular flexibility index (Phi) is 2.80. The van der Waals surface area contributed by atoms with Crippen molar-refractivity contribution < 1.29 is 14.6 Å². The Morgan fingerprint density at radius 2 is 2.00 bits per heavy atom. The van der Waals surface area contributed by atoms with Gasteiger partial charge in [-0.3, -0.25) is 0 Å². The summed E-state index contributed by atoms with van der Waals surface area (Å²) < 4.78 is 5.58. The number of carboxylic acids is 1. The summed E-state index contributed by atoms with van der Waals surface area (Å²) in [5, 5.41) is 9.81. The van der Waals surface area contributed by atoms with E-state index in [-0.39, 0.29) is 5.92 Å². The predicted molar refractivity (Wildman–Crippen MR) is 60.8 cm³/mol. The van der Waals surface area contributed by atoms with Crippen molar-refractivity contribution in [1.82, 2.24) is 0 Å². The minimum atomic E-state index is -1.12. The first kappa shape index (κ1) is 11.3. The molecular weight excluding hydrogens is 228 g/mol. The summed E-state index contributed by atoms with van der Waals surface area (Å²) in [6.45, 7) is 1.63. The van der Waals surface area contributed by atoms with E-state index in [4.69, 9.17) is 16.3 Å². The van der Waals surface area contributed by atoms with Crippen LogP contribution < -0.4 is 4.74 Å². The van der Waals surface area contributed by atoms with E-state index in [0.29, 0.717) is 10.8 Å². The molecule has 1 saturated carbocycles. The van der Waals surface area contributed by atoms with E-state index in [0.717, 1.165) is 12.8 Å². The number of halogens is 1. The second-order valence-corrected chi connectivity index (χ2v) is 4.68. The Morgan fingerprint density at radius 3 is 2.44 bits per heavy atom. The van der Waals surface area contributed by atoms with Crippen molar-refractivity contribution in [3.8, 4) is 5.75 Å². The summed E-state index contributed by atoms with van der Waals surface area (Å²) in [5.41, 5.74) is -1.12. The van der Waals surface area contributed by atoms with Crippen molar-refractivity contribution >= 4 is 17.6 Å². The van der Waals surface area contributed by atoms with Gasteiger partial charge < -0.3 is 9.84 Å². The Balaban J connectivity index is 2.17. The van der Waals surface area contributed by atoms with E-state index in [1.165, 1.54) is 0 Å². The van der Waals surface area contributed by atoms with Gasteiger partial charge in [0.1, 0.15) is 5.75 Å². The zero-order valence-corrected chi connectivity index (χ0v) is 9.70. The van der Waals surface area contributed by atoms with E-state index < -0.39 is 11.6 Å². The molecule has 0 amide bonds. The maximum atomic E-state index is 11.2. The van der Waals surface area contributed by atoms with Crippen molar-refractivity contribution in [2.24, 2.45) is 5.92 Å². The van der Waals surface area contributed by atoms with E-state index in [1.54, 1.807) is 31.2 Å². The zero-order valence-electron chi connectivity index (χ0n) is 8.94. The molecule has 1 unspecified atom stereocenters. The molecule has 0 aliphatic heterocycles. The van der Waals surface area contributed by atoms with Gasteiger partial charge in [-0.15, -0.1) is 0 Å². The largest absolute Gasteiger partial charge is 0.478 e. The van der Waals surface area contributed by atoms with Gasteiger partial charge in [0.2, 0.25) is 5.60 Å². The summed E-state index contributed by atoms with van der Waals surface area (Å²) in [5.74, 6) is -0.258. The topological polar surface area (TPSA) is 46.5 Å². The van der Waals surface area contributed by atoms with Crippen LogP contribution in [0.2, 0.25) is 5.02 Å². The molecule has 3 nitrogen and oxygen atoms in total.